The maximum absolute atomic E-state index is 12.4. The minimum Gasteiger partial charge on any atom is -0.340 e. The summed E-state index contributed by atoms with van der Waals surface area (Å²) >= 11 is 0. The van der Waals surface area contributed by atoms with Crippen LogP contribution in [0.1, 0.15) is 28.8 Å². The van der Waals surface area contributed by atoms with Crippen LogP contribution in [0.4, 0.5) is 0 Å². The monoisotopic (exact) mass is 297 g/mol. The number of rotatable bonds is 2. The van der Waals surface area contributed by atoms with E-state index in [1.54, 1.807) is 12.3 Å². The number of imide groups is 1. The van der Waals surface area contributed by atoms with E-state index < -0.39 is 11.9 Å². The van der Waals surface area contributed by atoms with Crippen molar-refractivity contribution in [1.29, 1.82) is 0 Å². The van der Waals surface area contributed by atoms with Gasteiger partial charge in [0.25, 0.3) is 5.91 Å². The van der Waals surface area contributed by atoms with Crippen molar-refractivity contribution >= 4 is 28.6 Å². The van der Waals surface area contributed by atoms with Gasteiger partial charge in [-0.3, -0.25) is 24.7 Å². The summed E-state index contributed by atoms with van der Waals surface area (Å²) in [5, 5.41) is 5.80. The number of piperidine rings is 1. The van der Waals surface area contributed by atoms with E-state index in [-0.39, 0.29) is 18.2 Å². The molecule has 0 bridgehead atoms. The molecule has 6 heteroatoms. The van der Waals surface area contributed by atoms with Crippen LogP contribution >= 0.6 is 0 Å². The Bertz CT molecular complexity index is 785. The first-order valence-electron chi connectivity index (χ1n) is 7.05. The number of aryl methyl sites for hydroxylation is 1. The minimum atomic E-state index is -0.690. The Morgan fingerprint density at radius 3 is 2.91 bits per heavy atom. The second-order valence-electron chi connectivity index (χ2n) is 5.31. The van der Waals surface area contributed by atoms with Crippen molar-refractivity contribution in [2.75, 3.05) is 0 Å². The van der Waals surface area contributed by atoms with E-state index >= 15 is 0 Å². The first-order chi connectivity index (χ1) is 10.6. The molecule has 2 aromatic rings. The summed E-state index contributed by atoms with van der Waals surface area (Å²) in [6.07, 6.45) is 2.17. The molecular formula is C16H15N3O3. The number of carbonyl (C=O) groups is 3. The van der Waals surface area contributed by atoms with Gasteiger partial charge in [0.2, 0.25) is 11.8 Å². The summed E-state index contributed by atoms with van der Waals surface area (Å²) < 4.78 is 0. The second-order valence-corrected chi connectivity index (χ2v) is 5.31. The first-order valence-corrected chi connectivity index (χ1v) is 7.05. The molecule has 1 aromatic carbocycles. The highest BCUT2D eigenvalue weighted by atomic mass is 16.2. The molecule has 0 spiro atoms. The van der Waals surface area contributed by atoms with Crippen molar-refractivity contribution in [3.05, 3.63) is 41.6 Å². The lowest BCUT2D eigenvalue weighted by Gasteiger charge is -2.22. The molecule has 1 atom stereocenters. The van der Waals surface area contributed by atoms with Gasteiger partial charge in [-0.1, -0.05) is 12.1 Å². The topological polar surface area (TPSA) is 88.2 Å². The zero-order valence-electron chi connectivity index (χ0n) is 12.1. The largest absolute Gasteiger partial charge is 0.340 e. The third-order valence-electron chi connectivity index (χ3n) is 3.78. The second kappa shape index (κ2) is 5.55. The van der Waals surface area contributed by atoms with Crippen LogP contribution in [0.3, 0.4) is 0 Å². The van der Waals surface area contributed by atoms with E-state index in [2.05, 4.69) is 15.6 Å². The molecule has 2 heterocycles. The number of nitrogens with zero attached hydrogens (tertiary/aromatic N) is 1. The Morgan fingerprint density at radius 2 is 2.14 bits per heavy atom. The number of pyridine rings is 1. The van der Waals surface area contributed by atoms with Crippen LogP contribution in [0.5, 0.6) is 0 Å². The minimum absolute atomic E-state index is 0.226. The SMILES string of the molecule is Cc1ccc(C(=O)NC2CCC(=O)NC2=O)c2ncccc12. The molecule has 2 N–H and O–H groups in total. The van der Waals surface area contributed by atoms with Crippen LogP contribution in [0, 0.1) is 6.92 Å². The molecule has 3 amide bonds. The third-order valence-corrected chi connectivity index (χ3v) is 3.78. The molecule has 6 nitrogen and oxygen atoms in total. The average Bonchev–Trinajstić information content (AvgIpc) is 2.50. The van der Waals surface area contributed by atoms with Gasteiger partial charge in [0, 0.05) is 18.0 Å². The fraction of sp³-hybridized carbons (Fsp3) is 0.250. The third kappa shape index (κ3) is 2.55. The number of hydrogen-bond donors (Lipinski definition) is 2. The van der Waals surface area contributed by atoms with Crippen molar-refractivity contribution in [2.24, 2.45) is 0 Å². The quantitative estimate of drug-likeness (QED) is 0.812. The van der Waals surface area contributed by atoms with Crippen molar-refractivity contribution in [3.8, 4) is 0 Å². The highest BCUT2D eigenvalue weighted by Crippen LogP contribution is 2.20. The summed E-state index contributed by atoms with van der Waals surface area (Å²) in [7, 11) is 0. The van der Waals surface area contributed by atoms with Crippen LogP contribution in [-0.2, 0) is 9.59 Å². The molecule has 1 saturated heterocycles. The molecule has 112 valence electrons. The maximum atomic E-state index is 12.4. The number of aromatic nitrogens is 1. The molecule has 22 heavy (non-hydrogen) atoms. The van der Waals surface area contributed by atoms with Gasteiger partial charge < -0.3 is 5.32 Å². The molecule has 1 aliphatic heterocycles. The van der Waals surface area contributed by atoms with E-state index in [1.807, 2.05) is 25.1 Å². The van der Waals surface area contributed by atoms with Gasteiger partial charge in [-0.05, 0) is 31.0 Å². The van der Waals surface area contributed by atoms with Gasteiger partial charge in [-0.15, -0.1) is 0 Å². The van der Waals surface area contributed by atoms with Gasteiger partial charge in [0.1, 0.15) is 6.04 Å². The number of hydrogen-bond acceptors (Lipinski definition) is 4. The standard InChI is InChI=1S/C16H15N3O3/c1-9-4-5-11(14-10(9)3-2-8-17-14)15(21)18-12-6-7-13(20)19-16(12)22/h2-5,8,12H,6-7H2,1H3,(H,18,21)(H,19,20,22). The lowest BCUT2D eigenvalue weighted by Crippen LogP contribution is -2.52. The van der Waals surface area contributed by atoms with Crippen LogP contribution in [0.15, 0.2) is 30.5 Å². The number of amides is 3. The molecular weight excluding hydrogens is 282 g/mol. The molecule has 3 rings (SSSR count). The molecule has 0 aliphatic carbocycles. The van der Waals surface area contributed by atoms with E-state index in [0.717, 1.165) is 10.9 Å². The predicted octanol–water partition coefficient (Wildman–Crippen LogP) is 1.08. The fourth-order valence-electron chi connectivity index (χ4n) is 2.57. The van der Waals surface area contributed by atoms with Crippen LogP contribution < -0.4 is 10.6 Å². The summed E-state index contributed by atoms with van der Waals surface area (Å²) in [5.74, 6) is -1.13. The molecule has 1 fully saturated rings. The van der Waals surface area contributed by atoms with Gasteiger partial charge in [-0.25, -0.2) is 0 Å². The van der Waals surface area contributed by atoms with Crippen molar-refractivity contribution in [2.45, 2.75) is 25.8 Å². The number of benzene rings is 1. The molecule has 0 radical (unpaired) electrons. The Labute approximate surface area is 126 Å². The highest BCUT2D eigenvalue weighted by Gasteiger charge is 2.28. The fourth-order valence-corrected chi connectivity index (χ4v) is 2.57. The van der Waals surface area contributed by atoms with E-state index in [9.17, 15) is 14.4 Å². The highest BCUT2D eigenvalue weighted by molar-refractivity contribution is 6.08. The number of nitrogens with one attached hydrogen (secondary N) is 2. The maximum Gasteiger partial charge on any atom is 0.254 e. The van der Waals surface area contributed by atoms with E-state index in [4.69, 9.17) is 0 Å². The van der Waals surface area contributed by atoms with Crippen molar-refractivity contribution < 1.29 is 14.4 Å². The zero-order chi connectivity index (χ0) is 15.7. The number of fused-ring (bicyclic) bond motifs is 1. The van der Waals surface area contributed by atoms with Gasteiger partial charge in [-0.2, -0.15) is 0 Å². The van der Waals surface area contributed by atoms with Crippen molar-refractivity contribution in [1.82, 2.24) is 15.6 Å². The van der Waals surface area contributed by atoms with E-state index in [1.165, 1.54) is 0 Å². The summed E-state index contributed by atoms with van der Waals surface area (Å²) in [6.45, 7) is 1.95. The molecule has 1 aromatic heterocycles. The van der Waals surface area contributed by atoms with Crippen molar-refractivity contribution in [3.63, 3.8) is 0 Å². The Kier molecular flexibility index (Phi) is 3.58. The lowest BCUT2D eigenvalue weighted by atomic mass is 10.0. The van der Waals surface area contributed by atoms with Crippen LogP contribution in [0.25, 0.3) is 10.9 Å². The Hall–Kier alpha value is -2.76. The summed E-state index contributed by atoms with van der Waals surface area (Å²) in [5.41, 5.74) is 2.05. The number of carbonyl (C=O) groups excluding carboxylic acids is 3. The normalized spacial score (nSPS) is 18.1. The van der Waals surface area contributed by atoms with Crippen LogP contribution in [-0.4, -0.2) is 28.7 Å². The smallest absolute Gasteiger partial charge is 0.254 e. The Morgan fingerprint density at radius 1 is 1.32 bits per heavy atom. The van der Waals surface area contributed by atoms with Crippen LogP contribution in [0.2, 0.25) is 0 Å². The Balaban J connectivity index is 1.88. The molecule has 1 aliphatic rings. The molecule has 1 unspecified atom stereocenters. The zero-order valence-corrected chi connectivity index (χ0v) is 12.1. The summed E-state index contributed by atoms with van der Waals surface area (Å²) in [6, 6.07) is 6.58. The predicted molar refractivity (Wildman–Crippen MR) is 80.1 cm³/mol. The molecule has 0 saturated carbocycles. The summed E-state index contributed by atoms with van der Waals surface area (Å²) in [4.78, 5) is 39.6. The lowest BCUT2D eigenvalue weighted by molar-refractivity contribution is -0.134. The average molecular weight is 297 g/mol. The van der Waals surface area contributed by atoms with Gasteiger partial charge in [0.05, 0.1) is 11.1 Å². The first kappa shape index (κ1) is 14.2. The van der Waals surface area contributed by atoms with Gasteiger partial charge in [0.15, 0.2) is 0 Å². The van der Waals surface area contributed by atoms with Gasteiger partial charge >= 0.3 is 0 Å². The van der Waals surface area contributed by atoms with E-state index in [0.29, 0.717) is 17.5 Å².